The molecule has 0 spiro atoms. The number of nitrogens with zero attached hydrogens (tertiary/aromatic N) is 2. The topological polar surface area (TPSA) is 79.0 Å². The highest BCUT2D eigenvalue weighted by Crippen LogP contribution is 2.29. The molecule has 0 bridgehead atoms. The highest BCUT2D eigenvalue weighted by Gasteiger charge is 2.21. The van der Waals surface area contributed by atoms with Gasteiger partial charge in [0.1, 0.15) is 0 Å². The van der Waals surface area contributed by atoms with Gasteiger partial charge < -0.3 is 10.1 Å². The summed E-state index contributed by atoms with van der Waals surface area (Å²) in [6.45, 7) is 4.55. The van der Waals surface area contributed by atoms with Crippen molar-refractivity contribution in [3.8, 4) is 0 Å². The lowest BCUT2D eigenvalue weighted by molar-refractivity contribution is 0.0342. The quantitative estimate of drug-likeness (QED) is 0.409. The third-order valence-corrected chi connectivity index (χ3v) is 7.98. The molecule has 7 nitrogen and oxygen atoms in total. The van der Waals surface area contributed by atoms with Crippen LogP contribution in [0.1, 0.15) is 27.0 Å². The maximum Gasteiger partial charge on any atom is 0.251 e. The van der Waals surface area contributed by atoms with Gasteiger partial charge in [-0.25, -0.2) is 8.42 Å². The van der Waals surface area contributed by atoms with Gasteiger partial charge >= 0.3 is 0 Å². The number of nitrogens with one attached hydrogen (secondary N) is 1. The van der Waals surface area contributed by atoms with Gasteiger partial charge in [0.25, 0.3) is 5.91 Å². The van der Waals surface area contributed by atoms with Gasteiger partial charge in [0.05, 0.1) is 31.7 Å². The van der Waals surface area contributed by atoms with Gasteiger partial charge in [0.2, 0.25) is 10.0 Å². The molecule has 4 rings (SSSR count). The normalized spacial score (nSPS) is 14.4. The Balaban J connectivity index is 1.41. The first-order valence-electron chi connectivity index (χ1n) is 11.9. The van der Waals surface area contributed by atoms with E-state index in [4.69, 9.17) is 27.9 Å². The zero-order valence-electron chi connectivity index (χ0n) is 20.5. The third-order valence-electron chi connectivity index (χ3n) is 6.14. The lowest BCUT2D eigenvalue weighted by Crippen LogP contribution is -2.35. The zero-order valence-corrected chi connectivity index (χ0v) is 22.8. The lowest BCUT2D eigenvalue weighted by atomic mass is 10.1. The van der Waals surface area contributed by atoms with E-state index in [1.807, 2.05) is 12.1 Å². The van der Waals surface area contributed by atoms with E-state index in [0.717, 1.165) is 44.7 Å². The van der Waals surface area contributed by atoms with Gasteiger partial charge in [-0.15, -0.1) is 0 Å². The number of rotatable bonds is 9. The SMILES string of the molecule is CS(=O)(=O)N(Cc1c(Cl)cccc1Cl)c1ccc(C(=O)NCc2cccc(CN3CCOCC3)c2)cc1. The summed E-state index contributed by atoms with van der Waals surface area (Å²) in [4.78, 5) is 15.1. The van der Waals surface area contributed by atoms with Gasteiger partial charge in [-0.3, -0.25) is 14.0 Å². The van der Waals surface area contributed by atoms with Gasteiger partial charge in [-0.1, -0.05) is 53.5 Å². The van der Waals surface area contributed by atoms with Crippen LogP contribution in [0.3, 0.4) is 0 Å². The fourth-order valence-electron chi connectivity index (χ4n) is 4.15. The molecule has 0 radical (unpaired) electrons. The minimum Gasteiger partial charge on any atom is -0.379 e. The molecule has 3 aromatic carbocycles. The van der Waals surface area contributed by atoms with E-state index in [2.05, 4.69) is 22.3 Å². The molecule has 1 amide bonds. The van der Waals surface area contributed by atoms with Crippen LogP contribution in [0.25, 0.3) is 0 Å². The molecule has 0 atom stereocenters. The van der Waals surface area contributed by atoms with Crippen LogP contribution in [0.4, 0.5) is 5.69 Å². The van der Waals surface area contributed by atoms with E-state index in [9.17, 15) is 13.2 Å². The number of morpholine rings is 1. The summed E-state index contributed by atoms with van der Waals surface area (Å²) >= 11 is 12.5. The molecule has 1 heterocycles. The number of amides is 1. The Morgan fingerprint density at radius 1 is 0.973 bits per heavy atom. The van der Waals surface area contributed by atoms with E-state index in [0.29, 0.717) is 33.4 Å². The zero-order chi connectivity index (χ0) is 26.4. The number of carbonyl (C=O) groups excluding carboxylic acids is 1. The van der Waals surface area contributed by atoms with Crippen molar-refractivity contribution in [3.05, 3.63) is 99.0 Å². The highest BCUT2D eigenvalue weighted by molar-refractivity contribution is 7.92. The minimum absolute atomic E-state index is 0.0241. The van der Waals surface area contributed by atoms with Gasteiger partial charge in [-0.05, 0) is 47.5 Å². The molecule has 1 aliphatic heterocycles. The predicted octanol–water partition coefficient (Wildman–Crippen LogP) is 4.72. The van der Waals surface area contributed by atoms with Gasteiger partial charge in [-0.2, -0.15) is 0 Å². The van der Waals surface area contributed by atoms with E-state index < -0.39 is 10.0 Å². The van der Waals surface area contributed by atoms with Crippen LogP contribution >= 0.6 is 23.2 Å². The number of hydrogen-bond acceptors (Lipinski definition) is 5. The summed E-state index contributed by atoms with van der Waals surface area (Å²) in [6.07, 6.45) is 1.12. The van der Waals surface area contributed by atoms with Crippen molar-refractivity contribution >= 4 is 44.8 Å². The molecular formula is C27H29Cl2N3O4S. The lowest BCUT2D eigenvalue weighted by Gasteiger charge is -2.26. The fourth-order valence-corrected chi connectivity index (χ4v) is 5.53. The fraction of sp³-hybridized carbons (Fsp3) is 0.296. The van der Waals surface area contributed by atoms with Crippen molar-refractivity contribution in [2.24, 2.45) is 0 Å². The second-order valence-corrected chi connectivity index (χ2v) is 11.6. The Labute approximate surface area is 228 Å². The van der Waals surface area contributed by atoms with Crippen LogP contribution in [0, 0.1) is 0 Å². The van der Waals surface area contributed by atoms with E-state index >= 15 is 0 Å². The van der Waals surface area contributed by atoms with Crippen LogP contribution in [0.2, 0.25) is 10.0 Å². The molecule has 10 heteroatoms. The Hall–Kier alpha value is -2.62. The Morgan fingerprint density at radius 3 is 2.24 bits per heavy atom. The molecule has 1 aliphatic rings. The average molecular weight is 563 g/mol. The first kappa shape index (κ1) is 27.4. The largest absolute Gasteiger partial charge is 0.379 e. The highest BCUT2D eigenvalue weighted by atomic mass is 35.5. The summed E-state index contributed by atoms with van der Waals surface area (Å²) in [5.41, 5.74) is 3.55. The van der Waals surface area contributed by atoms with Crippen LogP contribution in [0.5, 0.6) is 0 Å². The molecule has 3 aromatic rings. The number of anilines is 1. The second kappa shape index (κ2) is 12.3. The summed E-state index contributed by atoms with van der Waals surface area (Å²) in [6, 6.07) is 19.6. The average Bonchev–Trinajstić information content (AvgIpc) is 2.87. The monoisotopic (exact) mass is 561 g/mol. The molecule has 0 unspecified atom stereocenters. The number of hydrogen-bond donors (Lipinski definition) is 1. The predicted molar refractivity (Wildman–Crippen MR) is 148 cm³/mol. The third kappa shape index (κ3) is 7.46. The van der Waals surface area contributed by atoms with Crippen molar-refractivity contribution in [3.63, 3.8) is 0 Å². The molecule has 1 fully saturated rings. The maximum atomic E-state index is 12.8. The molecule has 196 valence electrons. The molecule has 0 aliphatic carbocycles. The standard InChI is InChI=1S/C27H29Cl2N3O4S/c1-37(34,35)32(19-24-25(28)6-3-7-26(24)29)23-10-8-22(9-11-23)27(33)30-17-20-4-2-5-21(16-20)18-31-12-14-36-15-13-31/h2-11,16H,12-15,17-19H2,1H3,(H,30,33). The molecule has 1 saturated heterocycles. The number of carbonyl (C=O) groups is 1. The van der Waals surface area contributed by atoms with Crippen LogP contribution in [0.15, 0.2) is 66.7 Å². The van der Waals surface area contributed by atoms with Crippen molar-refractivity contribution < 1.29 is 17.9 Å². The Bertz CT molecular complexity index is 1320. The summed E-state index contributed by atoms with van der Waals surface area (Å²) in [5.74, 6) is -0.245. The molecule has 1 N–H and O–H groups in total. The molecular weight excluding hydrogens is 533 g/mol. The molecule has 37 heavy (non-hydrogen) atoms. The van der Waals surface area contributed by atoms with Crippen molar-refractivity contribution in [1.29, 1.82) is 0 Å². The van der Waals surface area contributed by atoms with Crippen molar-refractivity contribution in [2.75, 3.05) is 36.9 Å². The second-order valence-electron chi connectivity index (χ2n) is 8.91. The van der Waals surface area contributed by atoms with Crippen LogP contribution in [-0.4, -0.2) is 51.8 Å². The van der Waals surface area contributed by atoms with Gasteiger partial charge in [0.15, 0.2) is 0 Å². The number of ether oxygens (including phenoxy) is 1. The minimum atomic E-state index is -3.64. The van der Waals surface area contributed by atoms with E-state index in [1.54, 1.807) is 42.5 Å². The van der Waals surface area contributed by atoms with Gasteiger partial charge in [0, 0.05) is 47.4 Å². The maximum absolute atomic E-state index is 12.8. The smallest absolute Gasteiger partial charge is 0.251 e. The number of benzene rings is 3. The summed E-state index contributed by atoms with van der Waals surface area (Å²) in [5, 5.41) is 3.70. The van der Waals surface area contributed by atoms with Crippen LogP contribution < -0.4 is 9.62 Å². The molecule has 0 saturated carbocycles. The number of halogens is 2. The Morgan fingerprint density at radius 2 is 1.59 bits per heavy atom. The molecule has 0 aromatic heterocycles. The van der Waals surface area contributed by atoms with Crippen molar-refractivity contribution in [1.82, 2.24) is 10.2 Å². The summed E-state index contributed by atoms with van der Waals surface area (Å²) in [7, 11) is -3.64. The van der Waals surface area contributed by atoms with Crippen molar-refractivity contribution in [2.45, 2.75) is 19.6 Å². The van der Waals surface area contributed by atoms with Crippen LogP contribution in [-0.2, 0) is 34.4 Å². The number of sulfonamides is 1. The Kier molecular flexibility index (Phi) is 9.10. The van der Waals surface area contributed by atoms with E-state index in [1.165, 1.54) is 9.87 Å². The van der Waals surface area contributed by atoms with E-state index in [-0.39, 0.29) is 12.5 Å². The first-order chi connectivity index (χ1) is 17.7. The first-order valence-corrected chi connectivity index (χ1v) is 14.5. The summed E-state index contributed by atoms with van der Waals surface area (Å²) < 4.78 is 31.7.